The van der Waals surface area contributed by atoms with Crippen LogP contribution in [0.25, 0.3) is 0 Å². The maximum Gasteiger partial charge on any atom is 0.171 e. The summed E-state index contributed by atoms with van der Waals surface area (Å²) in [5.74, 6) is -0.290. The van der Waals surface area contributed by atoms with Gasteiger partial charge in [0.25, 0.3) is 0 Å². The first-order chi connectivity index (χ1) is 8.20. The molecular formula is C10H20N2O5. The van der Waals surface area contributed by atoms with E-state index in [0.29, 0.717) is 26.4 Å². The molecule has 0 heterocycles. The fourth-order valence-corrected chi connectivity index (χ4v) is 0.828. The number of rotatable bonds is 12. The first kappa shape index (κ1) is 16.1. The maximum absolute atomic E-state index is 10.7. The summed E-state index contributed by atoms with van der Waals surface area (Å²) in [5, 5.41) is 0. The maximum atomic E-state index is 10.7. The number of nitrogens with two attached hydrogens (primary N) is 2. The van der Waals surface area contributed by atoms with Gasteiger partial charge in [0.05, 0.1) is 39.5 Å². The van der Waals surface area contributed by atoms with Crippen LogP contribution >= 0.6 is 0 Å². The standard InChI is InChI=1S/C10H20N2O5/c11-5-9(13)7-16-3-1-15-2-4-17-8-10(14)6-12/h1-8,11-12H2. The largest absolute Gasteiger partial charge is 0.377 e. The summed E-state index contributed by atoms with van der Waals surface area (Å²) in [5.41, 5.74) is 10.2. The fourth-order valence-electron chi connectivity index (χ4n) is 0.828. The molecule has 0 rings (SSSR count). The van der Waals surface area contributed by atoms with E-state index in [1.165, 1.54) is 0 Å². The van der Waals surface area contributed by atoms with Crippen molar-refractivity contribution in [3.63, 3.8) is 0 Å². The fraction of sp³-hybridized carbons (Fsp3) is 0.800. The average Bonchev–Trinajstić information content (AvgIpc) is 2.35. The Bertz CT molecular complexity index is 201. The Hall–Kier alpha value is -0.860. The van der Waals surface area contributed by atoms with Crippen molar-refractivity contribution in [3.8, 4) is 0 Å². The lowest BCUT2D eigenvalue weighted by molar-refractivity contribution is -0.122. The van der Waals surface area contributed by atoms with Crippen molar-refractivity contribution in [2.24, 2.45) is 11.5 Å². The van der Waals surface area contributed by atoms with Crippen LogP contribution < -0.4 is 11.5 Å². The van der Waals surface area contributed by atoms with Crippen molar-refractivity contribution >= 4 is 11.6 Å². The van der Waals surface area contributed by atoms with Gasteiger partial charge in [0.1, 0.15) is 13.2 Å². The Morgan fingerprint density at radius 3 is 1.41 bits per heavy atom. The second kappa shape index (κ2) is 11.6. The van der Waals surface area contributed by atoms with Gasteiger partial charge in [-0.25, -0.2) is 0 Å². The first-order valence-electron chi connectivity index (χ1n) is 5.37. The van der Waals surface area contributed by atoms with Crippen LogP contribution in [0, 0.1) is 0 Å². The molecule has 0 bridgehead atoms. The number of ketones is 2. The van der Waals surface area contributed by atoms with Crippen LogP contribution in [0.4, 0.5) is 0 Å². The first-order valence-corrected chi connectivity index (χ1v) is 5.37. The molecule has 0 aliphatic heterocycles. The van der Waals surface area contributed by atoms with Gasteiger partial charge >= 0.3 is 0 Å². The monoisotopic (exact) mass is 248 g/mol. The molecule has 0 aliphatic rings. The molecule has 0 saturated heterocycles. The van der Waals surface area contributed by atoms with Gasteiger partial charge in [-0.05, 0) is 0 Å². The van der Waals surface area contributed by atoms with Gasteiger partial charge in [-0.3, -0.25) is 9.59 Å². The molecule has 7 nitrogen and oxygen atoms in total. The van der Waals surface area contributed by atoms with Crippen LogP contribution in [0.2, 0.25) is 0 Å². The van der Waals surface area contributed by atoms with E-state index in [0.717, 1.165) is 0 Å². The van der Waals surface area contributed by atoms with E-state index < -0.39 is 0 Å². The zero-order valence-electron chi connectivity index (χ0n) is 9.85. The van der Waals surface area contributed by atoms with Crippen LogP contribution in [0.5, 0.6) is 0 Å². The van der Waals surface area contributed by atoms with Gasteiger partial charge in [-0.2, -0.15) is 0 Å². The molecule has 17 heavy (non-hydrogen) atoms. The molecule has 100 valence electrons. The zero-order valence-corrected chi connectivity index (χ0v) is 9.85. The van der Waals surface area contributed by atoms with Crippen molar-refractivity contribution in [3.05, 3.63) is 0 Å². The highest BCUT2D eigenvalue weighted by Crippen LogP contribution is 1.82. The smallest absolute Gasteiger partial charge is 0.171 e. The summed E-state index contributed by atoms with van der Waals surface area (Å²) in [6, 6.07) is 0. The third-order valence-corrected chi connectivity index (χ3v) is 1.73. The van der Waals surface area contributed by atoms with E-state index >= 15 is 0 Å². The van der Waals surface area contributed by atoms with Gasteiger partial charge < -0.3 is 25.7 Å². The second-order valence-electron chi connectivity index (χ2n) is 3.20. The van der Waals surface area contributed by atoms with E-state index in [2.05, 4.69) is 0 Å². The van der Waals surface area contributed by atoms with Crippen molar-refractivity contribution in [1.82, 2.24) is 0 Å². The van der Waals surface area contributed by atoms with E-state index in [-0.39, 0.29) is 37.9 Å². The minimum Gasteiger partial charge on any atom is -0.377 e. The Balaban J connectivity index is 3.08. The Kier molecular flexibility index (Phi) is 11.0. The van der Waals surface area contributed by atoms with Crippen LogP contribution in [0.1, 0.15) is 0 Å². The van der Waals surface area contributed by atoms with E-state index in [4.69, 9.17) is 25.7 Å². The number of ether oxygens (including phenoxy) is 3. The summed E-state index contributed by atoms with van der Waals surface area (Å²) in [6.07, 6.45) is 0. The van der Waals surface area contributed by atoms with Crippen molar-refractivity contribution in [2.75, 3.05) is 52.7 Å². The molecule has 0 unspecified atom stereocenters. The van der Waals surface area contributed by atoms with E-state index in [1.807, 2.05) is 0 Å². The van der Waals surface area contributed by atoms with Crippen molar-refractivity contribution < 1.29 is 23.8 Å². The van der Waals surface area contributed by atoms with Crippen LogP contribution in [0.15, 0.2) is 0 Å². The molecule has 0 spiro atoms. The zero-order chi connectivity index (χ0) is 12.9. The summed E-state index contributed by atoms with van der Waals surface area (Å²) in [6.45, 7) is 1.40. The van der Waals surface area contributed by atoms with Gasteiger partial charge in [-0.15, -0.1) is 0 Å². The van der Waals surface area contributed by atoms with Crippen LogP contribution in [-0.4, -0.2) is 64.3 Å². The molecule has 0 aromatic heterocycles. The number of hydrogen-bond acceptors (Lipinski definition) is 7. The van der Waals surface area contributed by atoms with Crippen molar-refractivity contribution in [1.29, 1.82) is 0 Å². The summed E-state index contributed by atoms with van der Waals surface area (Å²) < 4.78 is 15.1. The third-order valence-electron chi connectivity index (χ3n) is 1.73. The highest BCUT2D eigenvalue weighted by Gasteiger charge is 1.99. The number of carbonyl (C=O) groups excluding carboxylic acids is 2. The van der Waals surface area contributed by atoms with Crippen molar-refractivity contribution in [2.45, 2.75) is 0 Å². The number of hydrogen-bond donors (Lipinski definition) is 2. The predicted octanol–water partition coefficient (Wildman–Crippen LogP) is -1.91. The van der Waals surface area contributed by atoms with Gasteiger partial charge in [-0.1, -0.05) is 0 Å². The summed E-state index contributed by atoms with van der Waals surface area (Å²) >= 11 is 0. The molecule has 7 heteroatoms. The van der Waals surface area contributed by atoms with Crippen LogP contribution in [0.3, 0.4) is 0 Å². The highest BCUT2D eigenvalue weighted by atomic mass is 16.5. The average molecular weight is 248 g/mol. The normalized spacial score (nSPS) is 10.5. The predicted molar refractivity (Wildman–Crippen MR) is 60.6 cm³/mol. The van der Waals surface area contributed by atoms with Crippen LogP contribution in [-0.2, 0) is 23.8 Å². The van der Waals surface area contributed by atoms with Gasteiger partial charge in [0.2, 0.25) is 0 Å². The lowest BCUT2D eigenvalue weighted by Gasteiger charge is -2.05. The SMILES string of the molecule is NCC(=O)COCCOCCOCC(=O)CN. The molecule has 0 fully saturated rings. The minimum atomic E-state index is -0.145. The summed E-state index contributed by atoms with van der Waals surface area (Å²) in [7, 11) is 0. The topological polar surface area (TPSA) is 114 Å². The van der Waals surface area contributed by atoms with E-state index in [9.17, 15) is 9.59 Å². The highest BCUT2D eigenvalue weighted by molar-refractivity contribution is 5.81. The molecular weight excluding hydrogens is 228 g/mol. The quantitative estimate of drug-likeness (QED) is 0.387. The Morgan fingerprint density at radius 1 is 0.706 bits per heavy atom. The third kappa shape index (κ3) is 11.4. The Labute approximate surface area is 100 Å². The minimum absolute atomic E-state index is 0.0101. The molecule has 4 N–H and O–H groups in total. The van der Waals surface area contributed by atoms with Gasteiger partial charge in [0.15, 0.2) is 11.6 Å². The molecule has 0 aromatic rings. The summed E-state index contributed by atoms with van der Waals surface area (Å²) in [4.78, 5) is 21.5. The van der Waals surface area contributed by atoms with Gasteiger partial charge in [0, 0.05) is 0 Å². The second-order valence-corrected chi connectivity index (χ2v) is 3.20. The number of Topliss-reactive ketones (excluding diaryl/α,β-unsaturated/α-hetero) is 2. The lowest BCUT2D eigenvalue weighted by Crippen LogP contribution is -2.21. The molecule has 0 atom stereocenters. The molecule has 0 aliphatic carbocycles. The molecule has 0 radical (unpaired) electrons. The molecule has 0 saturated carbocycles. The molecule has 0 aromatic carbocycles. The van der Waals surface area contributed by atoms with E-state index in [1.54, 1.807) is 0 Å². The Morgan fingerprint density at radius 2 is 1.06 bits per heavy atom. The lowest BCUT2D eigenvalue weighted by atomic mass is 10.4. The number of carbonyl (C=O) groups is 2. The molecule has 0 amide bonds.